The molecule has 2 aromatic rings. The fraction of sp³-hybridized carbons (Fsp3) is 0.294. The average Bonchev–Trinajstić information content (AvgIpc) is 2.48. The number of anilines is 1. The van der Waals surface area contributed by atoms with Crippen molar-refractivity contribution in [3.8, 4) is 5.75 Å². The molecule has 20 heavy (non-hydrogen) atoms. The molecule has 0 aromatic heterocycles. The van der Waals surface area contributed by atoms with Crippen LogP contribution in [0, 0.1) is 0 Å². The van der Waals surface area contributed by atoms with Crippen molar-refractivity contribution in [1.82, 2.24) is 0 Å². The van der Waals surface area contributed by atoms with Crippen LogP contribution in [0.2, 0.25) is 0 Å². The summed E-state index contributed by atoms with van der Waals surface area (Å²) in [6, 6.07) is 18.2. The van der Waals surface area contributed by atoms with E-state index in [1.165, 1.54) is 0 Å². The molecule has 0 aliphatic rings. The Morgan fingerprint density at radius 2 is 1.80 bits per heavy atom. The summed E-state index contributed by atoms with van der Waals surface area (Å²) in [6.45, 7) is 2.78. The van der Waals surface area contributed by atoms with E-state index in [2.05, 4.69) is 30.0 Å². The van der Waals surface area contributed by atoms with E-state index in [9.17, 15) is 0 Å². The van der Waals surface area contributed by atoms with Crippen molar-refractivity contribution in [1.29, 1.82) is 0 Å². The average molecular weight is 270 g/mol. The van der Waals surface area contributed by atoms with Crippen molar-refractivity contribution >= 4 is 5.69 Å². The van der Waals surface area contributed by atoms with Crippen LogP contribution in [0.15, 0.2) is 54.6 Å². The van der Waals surface area contributed by atoms with Gasteiger partial charge in [0, 0.05) is 25.3 Å². The lowest BCUT2D eigenvalue weighted by molar-refractivity contribution is 0.414. The number of hydrogen-bond acceptors (Lipinski definition) is 3. The summed E-state index contributed by atoms with van der Waals surface area (Å²) < 4.78 is 5.26. The van der Waals surface area contributed by atoms with Crippen molar-refractivity contribution in [3.63, 3.8) is 0 Å². The van der Waals surface area contributed by atoms with E-state index in [0.29, 0.717) is 0 Å². The first-order valence-corrected chi connectivity index (χ1v) is 6.72. The molecule has 0 saturated heterocycles. The lowest BCUT2D eigenvalue weighted by Crippen LogP contribution is -2.44. The number of benzene rings is 2. The maximum atomic E-state index is 6.47. The zero-order chi connectivity index (χ0) is 14.6. The van der Waals surface area contributed by atoms with Gasteiger partial charge in [-0.15, -0.1) is 0 Å². The van der Waals surface area contributed by atoms with Gasteiger partial charge in [0.1, 0.15) is 5.75 Å². The van der Waals surface area contributed by atoms with Crippen molar-refractivity contribution < 1.29 is 4.74 Å². The molecule has 0 fully saturated rings. The molecule has 1 atom stereocenters. The maximum absolute atomic E-state index is 6.47. The van der Waals surface area contributed by atoms with Gasteiger partial charge in [0.15, 0.2) is 0 Å². The molecular weight excluding hydrogens is 248 g/mol. The van der Waals surface area contributed by atoms with Gasteiger partial charge >= 0.3 is 0 Å². The Hall–Kier alpha value is -2.00. The zero-order valence-electron chi connectivity index (χ0n) is 12.3. The first-order valence-electron chi connectivity index (χ1n) is 6.72. The monoisotopic (exact) mass is 270 g/mol. The predicted molar refractivity (Wildman–Crippen MR) is 84.2 cm³/mol. The smallest absolute Gasteiger partial charge is 0.120 e. The Morgan fingerprint density at radius 1 is 1.10 bits per heavy atom. The highest BCUT2D eigenvalue weighted by Gasteiger charge is 2.23. The first-order chi connectivity index (χ1) is 9.53. The van der Waals surface area contributed by atoms with Gasteiger partial charge in [-0.25, -0.2) is 0 Å². The third-order valence-corrected chi connectivity index (χ3v) is 3.49. The van der Waals surface area contributed by atoms with Crippen LogP contribution in [-0.2, 0) is 5.54 Å². The molecule has 3 nitrogen and oxygen atoms in total. The second-order valence-corrected chi connectivity index (χ2v) is 5.34. The lowest BCUT2D eigenvalue weighted by Gasteiger charge is -2.32. The largest absolute Gasteiger partial charge is 0.497 e. The van der Waals surface area contributed by atoms with Gasteiger partial charge in [-0.1, -0.05) is 36.4 Å². The molecule has 2 rings (SSSR count). The first kappa shape index (κ1) is 14.4. The molecule has 0 amide bonds. The quantitative estimate of drug-likeness (QED) is 0.907. The third kappa shape index (κ3) is 3.31. The molecular formula is C17H22N2O. The van der Waals surface area contributed by atoms with Crippen LogP contribution in [0.5, 0.6) is 5.75 Å². The summed E-state index contributed by atoms with van der Waals surface area (Å²) in [6.07, 6.45) is 0. The van der Waals surface area contributed by atoms with Crippen molar-refractivity contribution in [2.75, 3.05) is 25.6 Å². The summed E-state index contributed by atoms with van der Waals surface area (Å²) in [5, 5.41) is 0. The summed E-state index contributed by atoms with van der Waals surface area (Å²) in [5.41, 5.74) is 8.30. The van der Waals surface area contributed by atoms with Gasteiger partial charge in [-0.05, 0) is 24.6 Å². The zero-order valence-corrected chi connectivity index (χ0v) is 12.3. The number of hydrogen-bond donors (Lipinski definition) is 1. The normalized spacial score (nSPS) is 13.6. The fourth-order valence-corrected chi connectivity index (χ4v) is 2.34. The van der Waals surface area contributed by atoms with Gasteiger partial charge in [0.25, 0.3) is 0 Å². The van der Waals surface area contributed by atoms with E-state index in [0.717, 1.165) is 23.5 Å². The van der Waals surface area contributed by atoms with E-state index in [1.54, 1.807) is 7.11 Å². The van der Waals surface area contributed by atoms with Crippen LogP contribution in [-0.4, -0.2) is 20.7 Å². The summed E-state index contributed by atoms with van der Waals surface area (Å²) in [5.74, 6) is 0.854. The predicted octanol–water partition coefficient (Wildman–Crippen LogP) is 3.01. The molecule has 0 bridgehead atoms. The van der Waals surface area contributed by atoms with E-state index in [1.807, 2.05) is 43.4 Å². The Bertz CT molecular complexity index is 552. The molecule has 2 aromatic carbocycles. The lowest BCUT2D eigenvalue weighted by atomic mass is 9.92. The van der Waals surface area contributed by atoms with Crippen molar-refractivity contribution in [2.45, 2.75) is 12.5 Å². The Labute approximate surface area is 121 Å². The van der Waals surface area contributed by atoms with Gasteiger partial charge < -0.3 is 15.4 Å². The van der Waals surface area contributed by atoms with Gasteiger partial charge in [-0.2, -0.15) is 0 Å². The maximum Gasteiger partial charge on any atom is 0.120 e. The molecule has 0 saturated carbocycles. The number of nitrogens with zero attached hydrogens (tertiary/aromatic N) is 1. The third-order valence-electron chi connectivity index (χ3n) is 3.49. The SMILES string of the molecule is COc1cccc(N(C)CC(C)(N)c2ccccc2)c1. The van der Waals surface area contributed by atoms with Crippen LogP contribution in [0.1, 0.15) is 12.5 Å². The van der Waals surface area contributed by atoms with Crippen molar-refractivity contribution in [3.05, 3.63) is 60.2 Å². The second-order valence-electron chi connectivity index (χ2n) is 5.34. The minimum atomic E-state index is -0.404. The van der Waals surface area contributed by atoms with Gasteiger partial charge in [0.05, 0.1) is 12.6 Å². The fourth-order valence-electron chi connectivity index (χ4n) is 2.34. The van der Waals surface area contributed by atoms with E-state index >= 15 is 0 Å². The highest BCUT2D eigenvalue weighted by atomic mass is 16.5. The molecule has 2 N–H and O–H groups in total. The standard InChI is InChI=1S/C17H22N2O/c1-17(18,14-8-5-4-6-9-14)13-19(2)15-10-7-11-16(12-15)20-3/h4-12H,13,18H2,1-3H3. The van der Waals surface area contributed by atoms with E-state index < -0.39 is 5.54 Å². The number of nitrogens with two attached hydrogens (primary N) is 1. The molecule has 0 spiro atoms. The number of rotatable bonds is 5. The Morgan fingerprint density at radius 3 is 2.45 bits per heavy atom. The minimum absolute atomic E-state index is 0.404. The van der Waals surface area contributed by atoms with E-state index in [-0.39, 0.29) is 0 Å². The van der Waals surface area contributed by atoms with Crippen LogP contribution >= 0.6 is 0 Å². The molecule has 0 aliphatic heterocycles. The second kappa shape index (κ2) is 5.97. The van der Waals surface area contributed by atoms with E-state index in [4.69, 9.17) is 10.5 Å². The van der Waals surface area contributed by atoms with Crippen LogP contribution in [0.3, 0.4) is 0 Å². The molecule has 0 heterocycles. The molecule has 3 heteroatoms. The summed E-state index contributed by atoms with van der Waals surface area (Å²) >= 11 is 0. The topological polar surface area (TPSA) is 38.5 Å². The highest BCUT2D eigenvalue weighted by Crippen LogP contribution is 2.24. The minimum Gasteiger partial charge on any atom is -0.497 e. The van der Waals surface area contributed by atoms with Gasteiger partial charge in [-0.3, -0.25) is 0 Å². The molecule has 1 unspecified atom stereocenters. The molecule has 0 radical (unpaired) electrons. The number of methoxy groups -OCH3 is 1. The molecule has 0 aliphatic carbocycles. The molecule has 106 valence electrons. The van der Waals surface area contributed by atoms with Crippen LogP contribution in [0.4, 0.5) is 5.69 Å². The Kier molecular flexibility index (Phi) is 4.30. The summed E-state index contributed by atoms with van der Waals surface area (Å²) in [4.78, 5) is 2.15. The summed E-state index contributed by atoms with van der Waals surface area (Å²) in [7, 11) is 3.72. The number of ether oxygens (including phenoxy) is 1. The van der Waals surface area contributed by atoms with Gasteiger partial charge in [0.2, 0.25) is 0 Å². The highest BCUT2D eigenvalue weighted by molar-refractivity contribution is 5.50. The Balaban J connectivity index is 2.16. The van der Waals surface area contributed by atoms with Crippen LogP contribution in [0.25, 0.3) is 0 Å². The number of likely N-dealkylation sites (N-methyl/N-ethyl adjacent to an activating group) is 1. The van der Waals surface area contributed by atoms with Crippen molar-refractivity contribution in [2.24, 2.45) is 5.73 Å². The van der Waals surface area contributed by atoms with Crippen LogP contribution < -0.4 is 15.4 Å².